The number of sulfonamides is 1. The van der Waals surface area contributed by atoms with E-state index in [1.165, 1.54) is 15.2 Å². The monoisotopic (exact) mass is 494 g/mol. The van der Waals surface area contributed by atoms with Crippen molar-refractivity contribution in [1.82, 2.24) is 13.9 Å². The predicted octanol–water partition coefficient (Wildman–Crippen LogP) is 3.15. The molecule has 0 bridgehead atoms. The summed E-state index contributed by atoms with van der Waals surface area (Å²) in [6.07, 6.45) is 2.74. The number of nitrogens with zero attached hydrogens (tertiary/aromatic N) is 4. The Morgan fingerprint density at radius 1 is 1.14 bits per heavy atom. The normalized spacial score (nSPS) is 14.1. The van der Waals surface area contributed by atoms with Crippen LogP contribution in [0.15, 0.2) is 62.9 Å². The van der Waals surface area contributed by atoms with Crippen LogP contribution in [0, 0.1) is 0 Å². The van der Waals surface area contributed by atoms with Crippen LogP contribution in [0.3, 0.4) is 0 Å². The summed E-state index contributed by atoms with van der Waals surface area (Å²) in [5, 5.41) is 0.749. The van der Waals surface area contributed by atoms with Gasteiger partial charge in [-0.05, 0) is 48.7 Å². The van der Waals surface area contributed by atoms with E-state index in [2.05, 4.69) is 4.98 Å². The summed E-state index contributed by atoms with van der Waals surface area (Å²) in [5.41, 5.74) is 2.21. The third kappa shape index (κ3) is 3.92. The zero-order valence-electron chi connectivity index (χ0n) is 19.6. The molecule has 0 spiro atoms. The molecule has 182 valence electrons. The van der Waals surface area contributed by atoms with Crippen LogP contribution in [0.5, 0.6) is 0 Å². The molecule has 0 radical (unpaired) electrons. The average molecular weight is 495 g/mol. The summed E-state index contributed by atoms with van der Waals surface area (Å²) in [4.78, 5) is 32.5. The van der Waals surface area contributed by atoms with Crippen LogP contribution >= 0.6 is 0 Å². The van der Waals surface area contributed by atoms with Gasteiger partial charge in [-0.25, -0.2) is 13.4 Å². The van der Waals surface area contributed by atoms with Gasteiger partial charge in [-0.1, -0.05) is 26.0 Å². The lowest BCUT2D eigenvalue weighted by Gasteiger charge is -2.30. The second-order valence-corrected chi connectivity index (χ2v) is 10.4. The van der Waals surface area contributed by atoms with Gasteiger partial charge >= 0.3 is 0 Å². The minimum atomic E-state index is -3.59. The number of benzene rings is 2. The number of carbonyl (C=O) groups excluding carboxylic acids is 1. The zero-order chi connectivity index (χ0) is 24.7. The van der Waals surface area contributed by atoms with E-state index in [1.807, 2.05) is 18.2 Å². The van der Waals surface area contributed by atoms with Crippen molar-refractivity contribution in [1.29, 1.82) is 0 Å². The number of para-hydroxylation sites is 1. The molecule has 10 heteroatoms. The van der Waals surface area contributed by atoms with Crippen molar-refractivity contribution in [3.05, 3.63) is 64.7 Å². The largest absolute Gasteiger partial charge is 0.448 e. The van der Waals surface area contributed by atoms with Crippen molar-refractivity contribution < 1.29 is 17.6 Å². The van der Waals surface area contributed by atoms with Gasteiger partial charge in [0.05, 0.1) is 11.2 Å². The summed E-state index contributed by atoms with van der Waals surface area (Å²) in [6.45, 7) is 4.68. The van der Waals surface area contributed by atoms with E-state index in [0.29, 0.717) is 49.3 Å². The Balaban J connectivity index is 1.45. The second kappa shape index (κ2) is 8.94. The van der Waals surface area contributed by atoms with Crippen molar-refractivity contribution in [3.63, 3.8) is 0 Å². The number of hydrogen-bond acceptors (Lipinski definition) is 6. The molecule has 2 aromatic heterocycles. The topological polar surface area (TPSA) is 106 Å². The maximum atomic E-state index is 13.3. The Hall–Kier alpha value is -3.50. The number of anilines is 1. The van der Waals surface area contributed by atoms with Gasteiger partial charge in [0.25, 0.3) is 5.56 Å². The molecule has 0 atom stereocenters. The molecule has 1 aliphatic rings. The van der Waals surface area contributed by atoms with Crippen molar-refractivity contribution in [2.45, 2.75) is 38.1 Å². The zero-order valence-corrected chi connectivity index (χ0v) is 20.4. The molecule has 0 N–H and O–H groups in total. The quantitative estimate of drug-likeness (QED) is 0.408. The smallest absolute Gasteiger partial charge is 0.297 e. The molecule has 2 aromatic carbocycles. The van der Waals surface area contributed by atoms with Crippen molar-refractivity contribution in [3.8, 4) is 0 Å². The first-order valence-corrected chi connectivity index (χ1v) is 13.1. The number of furan rings is 1. The third-order valence-electron chi connectivity index (χ3n) is 6.47. The second-order valence-electron chi connectivity index (χ2n) is 8.48. The fraction of sp³-hybridized carbons (Fsp3) is 0.320. The first-order valence-electron chi connectivity index (χ1n) is 11.6. The molecule has 5 rings (SSSR count). The lowest BCUT2D eigenvalue weighted by atomic mass is 10.0. The number of fused-ring (bicyclic) bond motifs is 4. The molecule has 1 aliphatic heterocycles. The number of rotatable bonds is 6. The van der Waals surface area contributed by atoms with Gasteiger partial charge in [-0.2, -0.15) is 4.31 Å². The van der Waals surface area contributed by atoms with E-state index >= 15 is 0 Å². The number of aryl methyl sites for hydroxylation is 1. The highest BCUT2D eigenvalue weighted by molar-refractivity contribution is 7.89. The maximum absolute atomic E-state index is 13.3. The van der Waals surface area contributed by atoms with E-state index in [4.69, 9.17) is 4.42 Å². The highest BCUT2D eigenvalue weighted by Crippen LogP contribution is 2.31. The summed E-state index contributed by atoms with van der Waals surface area (Å²) < 4.78 is 34.2. The molecule has 3 heterocycles. The first-order chi connectivity index (χ1) is 16.8. The van der Waals surface area contributed by atoms with Crippen LogP contribution < -0.4 is 10.5 Å². The van der Waals surface area contributed by atoms with Crippen molar-refractivity contribution >= 4 is 43.7 Å². The van der Waals surface area contributed by atoms with Gasteiger partial charge < -0.3 is 9.32 Å². The first kappa shape index (κ1) is 23.3. The third-order valence-corrected chi connectivity index (χ3v) is 8.52. The highest BCUT2D eigenvalue weighted by Gasteiger charge is 2.27. The lowest BCUT2D eigenvalue weighted by Crippen LogP contribution is -2.39. The van der Waals surface area contributed by atoms with E-state index in [-0.39, 0.29) is 22.9 Å². The molecule has 0 fully saturated rings. The van der Waals surface area contributed by atoms with E-state index in [1.54, 1.807) is 43.0 Å². The molecule has 0 unspecified atom stereocenters. The van der Waals surface area contributed by atoms with Gasteiger partial charge in [0.1, 0.15) is 17.6 Å². The van der Waals surface area contributed by atoms with E-state index in [0.717, 1.165) is 10.9 Å². The van der Waals surface area contributed by atoms with Gasteiger partial charge in [0.2, 0.25) is 21.5 Å². The predicted molar refractivity (Wildman–Crippen MR) is 133 cm³/mol. The Kier molecular flexibility index (Phi) is 5.94. The molecule has 4 aromatic rings. The lowest BCUT2D eigenvalue weighted by molar-refractivity contribution is -0.119. The van der Waals surface area contributed by atoms with Crippen LogP contribution in [0.2, 0.25) is 0 Å². The minimum Gasteiger partial charge on any atom is -0.448 e. The fourth-order valence-electron chi connectivity index (χ4n) is 4.66. The summed E-state index contributed by atoms with van der Waals surface area (Å²) in [5.74, 6) is -0.273. The van der Waals surface area contributed by atoms with Crippen LogP contribution in [0.1, 0.15) is 25.8 Å². The summed E-state index contributed by atoms with van der Waals surface area (Å²) in [6, 6.07) is 12.2. The van der Waals surface area contributed by atoms with Crippen molar-refractivity contribution in [2.24, 2.45) is 0 Å². The average Bonchev–Trinajstić information content (AvgIpc) is 3.25. The molecule has 0 aliphatic carbocycles. The van der Waals surface area contributed by atoms with E-state index in [9.17, 15) is 18.0 Å². The summed E-state index contributed by atoms with van der Waals surface area (Å²) in [7, 11) is -3.59. The number of aromatic nitrogens is 2. The van der Waals surface area contributed by atoms with Gasteiger partial charge in [0, 0.05) is 30.7 Å². The van der Waals surface area contributed by atoms with E-state index < -0.39 is 15.6 Å². The molecular formula is C25H26N4O5S. The minimum absolute atomic E-state index is 0.117. The Labute approximate surface area is 202 Å². The van der Waals surface area contributed by atoms with Gasteiger partial charge in [-0.15, -0.1) is 0 Å². The Morgan fingerprint density at radius 2 is 1.91 bits per heavy atom. The van der Waals surface area contributed by atoms with Crippen LogP contribution in [0.4, 0.5) is 5.69 Å². The molecule has 35 heavy (non-hydrogen) atoms. The number of hydrogen-bond donors (Lipinski definition) is 0. The summed E-state index contributed by atoms with van der Waals surface area (Å²) >= 11 is 0. The van der Waals surface area contributed by atoms with Gasteiger partial charge in [-0.3, -0.25) is 14.2 Å². The Morgan fingerprint density at radius 3 is 2.69 bits per heavy atom. The van der Waals surface area contributed by atoms with Crippen LogP contribution in [-0.2, 0) is 27.8 Å². The number of carbonyl (C=O) groups is 1. The fourth-order valence-corrected chi connectivity index (χ4v) is 6.17. The molecule has 0 saturated carbocycles. The Bertz CT molecular complexity index is 1600. The van der Waals surface area contributed by atoms with Gasteiger partial charge in [0.15, 0.2) is 0 Å². The number of amides is 1. The molecular weight excluding hydrogens is 468 g/mol. The maximum Gasteiger partial charge on any atom is 0.297 e. The molecule has 0 saturated heterocycles. The van der Waals surface area contributed by atoms with Crippen LogP contribution in [-0.4, -0.2) is 47.8 Å². The SMILES string of the molecule is CCN(CC)S(=O)(=O)c1ccc2c(c1)CCCN2C(=O)Cn1cnc2c(oc3ccccc32)c1=O. The standard InChI is InChI=1S/C25H26N4O5S/c1-3-28(4-2)35(32,33)18-11-12-20-17(14-18)8-7-13-29(20)22(30)15-27-16-26-23-19-9-5-6-10-21(19)34-24(23)25(27)31/h5-6,9-12,14,16H,3-4,7-8,13,15H2,1-2H3. The molecule has 9 nitrogen and oxygen atoms in total. The van der Waals surface area contributed by atoms with Crippen molar-refractivity contribution in [2.75, 3.05) is 24.5 Å². The molecule has 1 amide bonds. The van der Waals surface area contributed by atoms with Crippen LogP contribution in [0.25, 0.3) is 22.1 Å². The highest BCUT2D eigenvalue weighted by atomic mass is 32.2.